The van der Waals surface area contributed by atoms with Crippen LogP contribution in [0.1, 0.15) is 15.9 Å². The highest BCUT2D eigenvalue weighted by atomic mass is 19.4. The Labute approximate surface area is 194 Å². The number of piperazine rings is 1. The van der Waals surface area contributed by atoms with Crippen LogP contribution in [0.4, 0.5) is 18.9 Å². The molecule has 0 radical (unpaired) electrons. The normalized spacial score (nSPS) is 14.4. The summed E-state index contributed by atoms with van der Waals surface area (Å²) >= 11 is 0. The lowest BCUT2D eigenvalue weighted by Gasteiger charge is -2.36. The smallest absolute Gasteiger partial charge is 0.368 e. The van der Waals surface area contributed by atoms with Crippen molar-refractivity contribution < 1.29 is 18.0 Å². The second-order valence-electron chi connectivity index (χ2n) is 8.14. The van der Waals surface area contributed by atoms with E-state index in [0.717, 1.165) is 28.6 Å². The lowest BCUT2D eigenvalue weighted by atomic mass is 10.0. The summed E-state index contributed by atoms with van der Waals surface area (Å²) < 4.78 is 39.3. The van der Waals surface area contributed by atoms with Crippen LogP contribution in [0.25, 0.3) is 22.2 Å². The van der Waals surface area contributed by atoms with Crippen molar-refractivity contribution in [3.05, 3.63) is 90.3 Å². The highest BCUT2D eigenvalue weighted by molar-refractivity contribution is 6.07. The lowest BCUT2D eigenvalue weighted by molar-refractivity contribution is -0.137. The molecule has 3 heterocycles. The molecule has 1 aliphatic rings. The van der Waals surface area contributed by atoms with Gasteiger partial charge >= 0.3 is 6.18 Å². The Bertz CT molecular complexity index is 1330. The molecule has 34 heavy (non-hydrogen) atoms. The number of benzene rings is 2. The number of carbonyl (C=O) groups is 1. The Morgan fingerprint density at radius 3 is 2.32 bits per heavy atom. The second-order valence-corrected chi connectivity index (χ2v) is 8.14. The maximum absolute atomic E-state index is 13.5. The maximum Gasteiger partial charge on any atom is 0.416 e. The standard InChI is InChI=1S/C26H21F3N4O/c27-26(28,29)19-4-3-5-20(16-19)32-12-14-33(15-13-32)25(34)22-17-24(18-8-10-30-11-9-18)31-23-7-2-1-6-21(22)23/h1-11,16-17H,12-15H2. The number of pyridine rings is 2. The third kappa shape index (κ3) is 4.31. The largest absolute Gasteiger partial charge is 0.416 e. The summed E-state index contributed by atoms with van der Waals surface area (Å²) in [5, 5.41) is 0.769. The number of rotatable bonds is 3. The van der Waals surface area contributed by atoms with E-state index < -0.39 is 11.7 Å². The molecule has 0 saturated carbocycles. The first-order chi connectivity index (χ1) is 16.4. The van der Waals surface area contributed by atoms with E-state index in [4.69, 9.17) is 4.98 Å². The van der Waals surface area contributed by atoms with Gasteiger partial charge < -0.3 is 9.80 Å². The van der Waals surface area contributed by atoms with Gasteiger partial charge in [0, 0.05) is 55.2 Å². The van der Waals surface area contributed by atoms with Crippen LogP contribution < -0.4 is 4.90 Å². The molecule has 1 fully saturated rings. The van der Waals surface area contributed by atoms with Gasteiger partial charge in [0.15, 0.2) is 0 Å². The molecule has 1 aliphatic heterocycles. The number of para-hydroxylation sites is 1. The topological polar surface area (TPSA) is 49.3 Å². The molecule has 0 aliphatic carbocycles. The molecule has 0 unspecified atom stereocenters. The van der Waals surface area contributed by atoms with Crippen molar-refractivity contribution in [1.29, 1.82) is 0 Å². The molecular weight excluding hydrogens is 441 g/mol. The quantitative estimate of drug-likeness (QED) is 0.416. The van der Waals surface area contributed by atoms with E-state index >= 15 is 0 Å². The molecule has 0 bridgehead atoms. The van der Waals surface area contributed by atoms with Crippen molar-refractivity contribution in [1.82, 2.24) is 14.9 Å². The summed E-state index contributed by atoms with van der Waals surface area (Å²) in [6, 6.07) is 18.3. The second kappa shape index (κ2) is 8.78. The van der Waals surface area contributed by atoms with Crippen LogP contribution in [0, 0.1) is 0 Å². The average molecular weight is 462 g/mol. The summed E-state index contributed by atoms with van der Waals surface area (Å²) in [5.41, 5.74) is 2.68. The van der Waals surface area contributed by atoms with Crippen molar-refractivity contribution in [2.75, 3.05) is 31.1 Å². The van der Waals surface area contributed by atoms with Crippen LogP contribution in [-0.2, 0) is 6.18 Å². The highest BCUT2D eigenvalue weighted by Crippen LogP contribution is 2.32. The lowest BCUT2D eigenvalue weighted by Crippen LogP contribution is -2.48. The van der Waals surface area contributed by atoms with Crippen LogP contribution >= 0.6 is 0 Å². The minimum atomic E-state index is -4.39. The minimum Gasteiger partial charge on any atom is -0.368 e. The highest BCUT2D eigenvalue weighted by Gasteiger charge is 2.31. The monoisotopic (exact) mass is 462 g/mol. The Morgan fingerprint density at radius 1 is 0.853 bits per heavy atom. The fourth-order valence-electron chi connectivity index (χ4n) is 4.24. The van der Waals surface area contributed by atoms with Gasteiger partial charge in [-0.1, -0.05) is 24.3 Å². The van der Waals surface area contributed by atoms with Gasteiger partial charge in [0.05, 0.1) is 22.3 Å². The summed E-state index contributed by atoms with van der Waals surface area (Å²) in [5.74, 6) is -0.113. The van der Waals surface area contributed by atoms with Crippen LogP contribution in [0.2, 0.25) is 0 Å². The number of amides is 1. The summed E-state index contributed by atoms with van der Waals surface area (Å²) in [4.78, 5) is 25.9. The van der Waals surface area contributed by atoms with Gasteiger partial charge in [0.1, 0.15) is 0 Å². The van der Waals surface area contributed by atoms with Crippen molar-refractivity contribution in [3.63, 3.8) is 0 Å². The van der Waals surface area contributed by atoms with E-state index in [9.17, 15) is 18.0 Å². The van der Waals surface area contributed by atoms with Gasteiger partial charge in [0.2, 0.25) is 0 Å². The zero-order valence-corrected chi connectivity index (χ0v) is 18.2. The fraction of sp³-hybridized carbons (Fsp3) is 0.192. The molecule has 5 nitrogen and oxygen atoms in total. The number of hydrogen-bond donors (Lipinski definition) is 0. The van der Waals surface area contributed by atoms with Gasteiger partial charge in [-0.2, -0.15) is 13.2 Å². The van der Waals surface area contributed by atoms with Crippen LogP contribution in [-0.4, -0.2) is 47.0 Å². The van der Waals surface area contributed by atoms with E-state index in [2.05, 4.69) is 4.98 Å². The molecule has 1 amide bonds. The molecule has 172 valence electrons. The number of fused-ring (bicyclic) bond motifs is 1. The minimum absolute atomic E-state index is 0.113. The average Bonchev–Trinajstić information content (AvgIpc) is 2.88. The molecule has 5 rings (SSSR count). The van der Waals surface area contributed by atoms with Crippen LogP contribution in [0.3, 0.4) is 0 Å². The summed E-state index contributed by atoms with van der Waals surface area (Å²) in [6.45, 7) is 1.73. The molecule has 2 aromatic heterocycles. The zero-order chi connectivity index (χ0) is 23.7. The van der Waals surface area contributed by atoms with Gasteiger partial charge in [-0.15, -0.1) is 0 Å². The van der Waals surface area contributed by atoms with Crippen molar-refractivity contribution in [2.45, 2.75) is 6.18 Å². The Balaban J connectivity index is 1.39. The third-order valence-corrected chi connectivity index (χ3v) is 6.03. The SMILES string of the molecule is O=C(c1cc(-c2ccncc2)nc2ccccc12)N1CCN(c2cccc(C(F)(F)F)c2)CC1. The molecule has 0 atom stereocenters. The van der Waals surface area contributed by atoms with Crippen molar-refractivity contribution in [3.8, 4) is 11.3 Å². The van der Waals surface area contributed by atoms with Gasteiger partial charge in [-0.3, -0.25) is 9.78 Å². The predicted molar refractivity (Wildman–Crippen MR) is 125 cm³/mol. The number of aromatic nitrogens is 2. The zero-order valence-electron chi connectivity index (χ0n) is 18.2. The van der Waals surface area contributed by atoms with E-state index in [1.54, 1.807) is 29.4 Å². The Hall–Kier alpha value is -3.94. The van der Waals surface area contributed by atoms with Gasteiger partial charge in [-0.25, -0.2) is 4.98 Å². The number of anilines is 1. The first-order valence-corrected chi connectivity index (χ1v) is 10.9. The van der Waals surface area contributed by atoms with Crippen LogP contribution in [0.5, 0.6) is 0 Å². The molecule has 2 aromatic carbocycles. The molecule has 8 heteroatoms. The number of hydrogen-bond acceptors (Lipinski definition) is 4. The first kappa shape index (κ1) is 21.9. The number of carbonyl (C=O) groups excluding carboxylic acids is 1. The maximum atomic E-state index is 13.5. The molecule has 0 N–H and O–H groups in total. The van der Waals surface area contributed by atoms with E-state index in [0.29, 0.717) is 43.1 Å². The number of alkyl halides is 3. The first-order valence-electron chi connectivity index (χ1n) is 10.9. The number of halogens is 3. The van der Waals surface area contributed by atoms with Crippen molar-refractivity contribution >= 4 is 22.5 Å². The fourth-order valence-corrected chi connectivity index (χ4v) is 4.24. The van der Waals surface area contributed by atoms with E-state index in [1.807, 2.05) is 41.3 Å². The molecule has 1 saturated heterocycles. The summed E-state index contributed by atoms with van der Waals surface area (Å²) in [7, 11) is 0. The molecular formula is C26H21F3N4O. The predicted octanol–water partition coefficient (Wildman–Crippen LogP) is 5.28. The van der Waals surface area contributed by atoms with E-state index in [1.165, 1.54) is 6.07 Å². The summed E-state index contributed by atoms with van der Waals surface area (Å²) in [6.07, 6.45) is -1.02. The molecule has 4 aromatic rings. The molecule has 0 spiro atoms. The van der Waals surface area contributed by atoms with E-state index in [-0.39, 0.29) is 5.91 Å². The Kier molecular flexibility index (Phi) is 5.65. The Morgan fingerprint density at radius 2 is 1.59 bits per heavy atom. The number of nitrogens with zero attached hydrogens (tertiary/aromatic N) is 4. The van der Waals surface area contributed by atoms with Crippen LogP contribution in [0.15, 0.2) is 79.1 Å². The van der Waals surface area contributed by atoms with Gasteiger partial charge in [-0.05, 0) is 42.5 Å². The van der Waals surface area contributed by atoms with Crippen molar-refractivity contribution in [2.24, 2.45) is 0 Å². The van der Waals surface area contributed by atoms with Gasteiger partial charge in [0.25, 0.3) is 5.91 Å². The third-order valence-electron chi connectivity index (χ3n) is 6.03.